The van der Waals surface area contributed by atoms with Gasteiger partial charge in [0.2, 0.25) is 0 Å². The summed E-state index contributed by atoms with van der Waals surface area (Å²) in [4.78, 5) is 0. The van der Waals surface area contributed by atoms with Crippen LogP contribution in [-0.4, -0.2) is 11.7 Å². The summed E-state index contributed by atoms with van der Waals surface area (Å²) >= 11 is 0. The van der Waals surface area contributed by atoms with E-state index in [1.54, 1.807) is 0 Å². The predicted octanol–water partition coefficient (Wildman–Crippen LogP) is 1.36. The molecule has 0 spiro atoms. The van der Waals surface area contributed by atoms with Gasteiger partial charge in [0, 0.05) is 18.2 Å². The minimum absolute atomic E-state index is 0.135. The highest BCUT2D eigenvalue weighted by Crippen LogP contribution is 2.20. The fourth-order valence-electron chi connectivity index (χ4n) is 1.06. The molecule has 1 atom stereocenters. The molecule has 0 amide bonds. The minimum atomic E-state index is 0.135. The second-order valence-corrected chi connectivity index (χ2v) is 2.71. The lowest BCUT2D eigenvalue weighted by Gasteiger charge is -2.10. The number of hydrogen-bond acceptors (Lipinski definition) is 2. The Hall–Kier alpha value is -1.02. The van der Waals surface area contributed by atoms with Crippen LogP contribution >= 0.6 is 0 Å². The number of aliphatic hydroxyl groups excluding tert-OH is 1. The molecular weight excluding hydrogens is 138 g/mol. The molecule has 0 bridgehead atoms. The van der Waals surface area contributed by atoms with Gasteiger partial charge in [0.25, 0.3) is 0 Å². The normalized spacial score (nSPS) is 12.9. The lowest BCUT2D eigenvalue weighted by Crippen LogP contribution is -2.02. The van der Waals surface area contributed by atoms with Crippen LogP contribution in [0.4, 0.5) is 5.69 Å². The third-order valence-corrected chi connectivity index (χ3v) is 1.80. The number of para-hydroxylation sites is 1. The van der Waals surface area contributed by atoms with Crippen LogP contribution in [0.1, 0.15) is 18.4 Å². The maximum Gasteiger partial charge on any atom is 0.0497 e. The zero-order chi connectivity index (χ0) is 8.27. The zero-order valence-electron chi connectivity index (χ0n) is 6.62. The van der Waals surface area contributed by atoms with Crippen molar-refractivity contribution >= 4 is 5.69 Å². The van der Waals surface area contributed by atoms with Gasteiger partial charge in [-0.2, -0.15) is 0 Å². The van der Waals surface area contributed by atoms with Crippen LogP contribution in [0, 0.1) is 0 Å². The van der Waals surface area contributed by atoms with Gasteiger partial charge in [-0.25, -0.2) is 0 Å². The molecule has 0 aliphatic carbocycles. The third kappa shape index (κ3) is 1.71. The van der Waals surface area contributed by atoms with Crippen LogP contribution in [0.5, 0.6) is 0 Å². The van der Waals surface area contributed by atoms with Gasteiger partial charge in [0.1, 0.15) is 0 Å². The zero-order valence-corrected chi connectivity index (χ0v) is 6.62. The molecule has 0 fully saturated rings. The molecule has 1 aromatic rings. The lowest BCUT2D eigenvalue weighted by molar-refractivity contribution is 0.273. The molecule has 0 aromatic heterocycles. The number of anilines is 1. The summed E-state index contributed by atoms with van der Waals surface area (Å²) in [6.45, 7) is 2.10. The summed E-state index contributed by atoms with van der Waals surface area (Å²) in [7, 11) is 0. The van der Waals surface area contributed by atoms with Crippen LogP contribution in [0.15, 0.2) is 24.3 Å². The van der Waals surface area contributed by atoms with Crippen molar-refractivity contribution in [1.29, 1.82) is 0 Å². The molecule has 2 nitrogen and oxygen atoms in total. The molecule has 1 rings (SSSR count). The summed E-state index contributed by atoms with van der Waals surface area (Å²) in [6.07, 6.45) is 0. The SMILES string of the molecule is CC(CO)c1ccccc1N. The smallest absolute Gasteiger partial charge is 0.0497 e. The summed E-state index contributed by atoms with van der Waals surface area (Å²) in [6, 6.07) is 7.61. The quantitative estimate of drug-likeness (QED) is 0.627. The second kappa shape index (κ2) is 3.39. The first kappa shape index (κ1) is 8.08. The first-order valence-electron chi connectivity index (χ1n) is 3.71. The Kier molecular flexibility index (Phi) is 2.49. The molecule has 0 aliphatic rings. The molecule has 60 valence electrons. The Morgan fingerprint density at radius 2 is 2.09 bits per heavy atom. The molecule has 3 N–H and O–H groups in total. The van der Waals surface area contributed by atoms with E-state index in [-0.39, 0.29) is 12.5 Å². The van der Waals surface area contributed by atoms with E-state index in [1.807, 2.05) is 31.2 Å². The van der Waals surface area contributed by atoms with Crippen molar-refractivity contribution in [3.05, 3.63) is 29.8 Å². The number of nitrogens with two attached hydrogens (primary N) is 1. The van der Waals surface area contributed by atoms with E-state index in [0.717, 1.165) is 11.3 Å². The van der Waals surface area contributed by atoms with Gasteiger partial charge in [-0.15, -0.1) is 0 Å². The van der Waals surface area contributed by atoms with E-state index in [4.69, 9.17) is 10.8 Å². The molecule has 0 saturated heterocycles. The maximum atomic E-state index is 8.86. The predicted molar refractivity (Wildman–Crippen MR) is 46.4 cm³/mol. The first-order valence-corrected chi connectivity index (χ1v) is 3.71. The fraction of sp³-hybridized carbons (Fsp3) is 0.333. The molecule has 1 aromatic carbocycles. The molecule has 1 unspecified atom stereocenters. The number of rotatable bonds is 2. The van der Waals surface area contributed by atoms with Crippen molar-refractivity contribution in [2.75, 3.05) is 12.3 Å². The Balaban J connectivity index is 2.93. The molecule has 0 heterocycles. The number of aliphatic hydroxyl groups is 1. The Bertz CT molecular complexity index is 235. The van der Waals surface area contributed by atoms with E-state index in [0.29, 0.717) is 0 Å². The van der Waals surface area contributed by atoms with Gasteiger partial charge < -0.3 is 10.8 Å². The average molecular weight is 151 g/mol. The van der Waals surface area contributed by atoms with E-state index in [2.05, 4.69) is 0 Å². The summed E-state index contributed by atoms with van der Waals surface area (Å²) < 4.78 is 0. The van der Waals surface area contributed by atoms with Gasteiger partial charge in [0.05, 0.1) is 0 Å². The monoisotopic (exact) mass is 151 g/mol. The highest BCUT2D eigenvalue weighted by molar-refractivity contribution is 5.48. The first-order chi connectivity index (χ1) is 5.25. The fourth-order valence-corrected chi connectivity index (χ4v) is 1.06. The molecule has 11 heavy (non-hydrogen) atoms. The molecule has 0 aliphatic heterocycles. The molecular formula is C9H13NO. The minimum Gasteiger partial charge on any atom is -0.398 e. The van der Waals surface area contributed by atoms with Crippen LogP contribution in [-0.2, 0) is 0 Å². The number of nitrogen functional groups attached to an aromatic ring is 1. The van der Waals surface area contributed by atoms with Gasteiger partial charge in [-0.3, -0.25) is 0 Å². The standard InChI is InChI=1S/C9H13NO/c1-7(6-11)8-4-2-3-5-9(8)10/h2-5,7,11H,6,10H2,1H3. The van der Waals surface area contributed by atoms with Crippen molar-refractivity contribution in [3.8, 4) is 0 Å². The lowest BCUT2D eigenvalue weighted by atomic mass is 10.0. The highest BCUT2D eigenvalue weighted by Gasteiger charge is 2.05. The maximum absolute atomic E-state index is 8.86. The van der Waals surface area contributed by atoms with Crippen LogP contribution in [0.3, 0.4) is 0 Å². The van der Waals surface area contributed by atoms with Crippen LogP contribution in [0.25, 0.3) is 0 Å². The van der Waals surface area contributed by atoms with Crippen molar-refractivity contribution in [3.63, 3.8) is 0 Å². The highest BCUT2D eigenvalue weighted by atomic mass is 16.3. The molecule has 2 heteroatoms. The molecule has 0 radical (unpaired) electrons. The van der Waals surface area contributed by atoms with E-state index < -0.39 is 0 Å². The van der Waals surface area contributed by atoms with Gasteiger partial charge >= 0.3 is 0 Å². The van der Waals surface area contributed by atoms with E-state index >= 15 is 0 Å². The van der Waals surface area contributed by atoms with Crippen molar-refractivity contribution in [1.82, 2.24) is 0 Å². The van der Waals surface area contributed by atoms with Crippen molar-refractivity contribution in [2.24, 2.45) is 0 Å². The molecule has 0 saturated carbocycles. The number of benzene rings is 1. The average Bonchev–Trinajstić information content (AvgIpc) is 2.04. The van der Waals surface area contributed by atoms with Crippen LogP contribution in [0.2, 0.25) is 0 Å². The Labute approximate surface area is 66.7 Å². The van der Waals surface area contributed by atoms with E-state index in [1.165, 1.54) is 0 Å². The van der Waals surface area contributed by atoms with Crippen molar-refractivity contribution in [2.45, 2.75) is 12.8 Å². The van der Waals surface area contributed by atoms with E-state index in [9.17, 15) is 0 Å². The number of hydrogen-bond donors (Lipinski definition) is 2. The topological polar surface area (TPSA) is 46.2 Å². The third-order valence-electron chi connectivity index (χ3n) is 1.80. The summed E-state index contributed by atoms with van der Waals surface area (Å²) in [5.41, 5.74) is 7.47. The van der Waals surface area contributed by atoms with Crippen molar-refractivity contribution < 1.29 is 5.11 Å². The Morgan fingerprint density at radius 1 is 1.45 bits per heavy atom. The van der Waals surface area contributed by atoms with Gasteiger partial charge in [0.15, 0.2) is 0 Å². The Morgan fingerprint density at radius 3 is 2.64 bits per heavy atom. The summed E-state index contributed by atoms with van der Waals surface area (Å²) in [5.74, 6) is 0.135. The van der Waals surface area contributed by atoms with Gasteiger partial charge in [-0.1, -0.05) is 25.1 Å². The second-order valence-electron chi connectivity index (χ2n) is 2.71. The summed E-state index contributed by atoms with van der Waals surface area (Å²) in [5, 5.41) is 8.86. The van der Waals surface area contributed by atoms with Crippen LogP contribution < -0.4 is 5.73 Å². The van der Waals surface area contributed by atoms with Gasteiger partial charge in [-0.05, 0) is 11.6 Å². The largest absolute Gasteiger partial charge is 0.398 e.